The molecule has 0 aliphatic rings. The summed E-state index contributed by atoms with van der Waals surface area (Å²) in [5.74, 6) is -0.129. The number of methoxy groups -OCH3 is 1. The summed E-state index contributed by atoms with van der Waals surface area (Å²) in [4.78, 5) is 15.0. The molecule has 2 N–H and O–H groups in total. The van der Waals surface area contributed by atoms with E-state index in [1.165, 1.54) is 7.11 Å². The van der Waals surface area contributed by atoms with E-state index >= 15 is 0 Å². The maximum Gasteiger partial charge on any atom is 0.267 e. The summed E-state index contributed by atoms with van der Waals surface area (Å²) < 4.78 is 5.02. The summed E-state index contributed by atoms with van der Waals surface area (Å²) in [6.45, 7) is 6.14. The molecule has 0 fully saturated rings. The van der Waals surface area contributed by atoms with Crippen LogP contribution in [-0.2, 0) is 5.41 Å². The largest absolute Gasteiger partial charge is 0.481 e. The summed E-state index contributed by atoms with van der Waals surface area (Å²) in [6.07, 6.45) is 0. The van der Waals surface area contributed by atoms with Gasteiger partial charge in [0.15, 0.2) is 0 Å². The smallest absolute Gasteiger partial charge is 0.267 e. The molecule has 0 aromatic carbocycles. The van der Waals surface area contributed by atoms with Crippen molar-refractivity contribution in [1.82, 2.24) is 4.98 Å². The number of hydrogen-bond acceptors (Lipinski definition) is 3. The molecule has 4 heteroatoms. The first-order valence-electron chi connectivity index (χ1n) is 4.71. The highest BCUT2D eigenvalue weighted by atomic mass is 16.5. The van der Waals surface area contributed by atoms with Crippen molar-refractivity contribution in [1.29, 1.82) is 0 Å². The molecule has 4 nitrogen and oxygen atoms in total. The van der Waals surface area contributed by atoms with Gasteiger partial charge in [-0.1, -0.05) is 20.8 Å². The van der Waals surface area contributed by atoms with Crippen molar-refractivity contribution < 1.29 is 9.53 Å². The fourth-order valence-corrected chi connectivity index (χ4v) is 1.17. The van der Waals surface area contributed by atoms with Crippen LogP contribution in [0.5, 0.6) is 5.88 Å². The van der Waals surface area contributed by atoms with Crippen molar-refractivity contribution in [3.05, 3.63) is 23.4 Å². The maximum absolute atomic E-state index is 11.1. The standard InChI is InChI=1S/C11H16N2O2/c1-11(2,3)7-5-8(10(12)14)13-9(6-7)15-4/h5-6H,1-4H3,(H2,12,14). The third kappa shape index (κ3) is 2.68. The third-order valence-electron chi connectivity index (χ3n) is 2.13. The Morgan fingerprint density at radius 1 is 1.40 bits per heavy atom. The van der Waals surface area contributed by atoms with Crippen molar-refractivity contribution in [2.24, 2.45) is 5.73 Å². The van der Waals surface area contributed by atoms with Crippen LogP contribution in [0, 0.1) is 0 Å². The van der Waals surface area contributed by atoms with E-state index in [0.717, 1.165) is 5.56 Å². The van der Waals surface area contributed by atoms with Crippen molar-refractivity contribution >= 4 is 5.91 Å². The molecule has 1 heterocycles. The maximum atomic E-state index is 11.1. The Hall–Kier alpha value is -1.58. The van der Waals surface area contributed by atoms with Gasteiger partial charge in [0.05, 0.1) is 7.11 Å². The Bertz CT molecular complexity index is 381. The van der Waals surface area contributed by atoms with Crippen LogP contribution in [-0.4, -0.2) is 18.0 Å². The van der Waals surface area contributed by atoms with Gasteiger partial charge in [0.2, 0.25) is 5.88 Å². The predicted octanol–water partition coefficient (Wildman–Crippen LogP) is 1.49. The Morgan fingerprint density at radius 3 is 2.40 bits per heavy atom. The lowest BCUT2D eigenvalue weighted by molar-refractivity contribution is 0.0994. The normalized spacial score (nSPS) is 11.2. The van der Waals surface area contributed by atoms with Gasteiger partial charge < -0.3 is 10.5 Å². The molecule has 1 rings (SSSR count). The zero-order valence-electron chi connectivity index (χ0n) is 9.50. The number of nitrogens with zero attached hydrogens (tertiary/aromatic N) is 1. The second-order valence-corrected chi connectivity index (χ2v) is 4.40. The number of aromatic nitrogens is 1. The zero-order valence-corrected chi connectivity index (χ0v) is 9.50. The number of carbonyl (C=O) groups excluding carboxylic acids is 1. The van der Waals surface area contributed by atoms with Crippen LogP contribution >= 0.6 is 0 Å². The summed E-state index contributed by atoms with van der Waals surface area (Å²) in [7, 11) is 1.51. The SMILES string of the molecule is COc1cc(C(C)(C)C)cc(C(N)=O)n1. The van der Waals surface area contributed by atoms with Crippen molar-refractivity contribution in [3.8, 4) is 5.88 Å². The average Bonchev–Trinajstić information content (AvgIpc) is 2.15. The van der Waals surface area contributed by atoms with Crippen LogP contribution in [0.4, 0.5) is 0 Å². The predicted molar refractivity (Wildman–Crippen MR) is 58.0 cm³/mol. The minimum absolute atomic E-state index is 0.0690. The first kappa shape index (κ1) is 11.5. The highest BCUT2D eigenvalue weighted by Gasteiger charge is 2.17. The van der Waals surface area contributed by atoms with Gasteiger partial charge in [-0.05, 0) is 17.0 Å². The molecule has 0 atom stereocenters. The van der Waals surface area contributed by atoms with Gasteiger partial charge in [0.25, 0.3) is 5.91 Å². The molecular weight excluding hydrogens is 192 g/mol. The average molecular weight is 208 g/mol. The van der Waals surface area contributed by atoms with Gasteiger partial charge in [0.1, 0.15) is 5.69 Å². The number of pyridine rings is 1. The monoisotopic (exact) mass is 208 g/mol. The number of amides is 1. The van der Waals surface area contributed by atoms with Gasteiger partial charge in [-0.15, -0.1) is 0 Å². The second-order valence-electron chi connectivity index (χ2n) is 4.40. The molecule has 0 aliphatic carbocycles. The van der Waals surface area contributed by atoms with Crippen molar-refractivity contribution in [2.75, 3.05) is 7.11 Å². The van der Waals surface area contributed by atoms with E-state index in [4.69, 9.17) is 10.5 Å². The summed E-state index contributed by atoms with van der Waals surface area (Å²) >= 11 is 0. The van der Waals surface area contributed by atoms with E-state index in [1.807, 2.05) is 26.8 Å². The molecule has 1 amide bonds. The lowest BCUT2D eigenvalue weighted by atomic mass is 9.87. The Kier molecular flexibility index (Phi) is 2.98. The van der Waals surface area contributed by atoms with Crippen LogP contribution < -0.4 is 10.5 Å². The lowest BCUT2D eigenvalue weighted by Crippen LogP contribution is -2.17. The Labute approximate surface area is 89.5 Å². The summed E-state index contributed by atoms with van der Waals surface area (Å²) in [5.41, 5.74) is 6.33. The minimum Gasteiger partial charge on any atom is -0.481 e. The molecular formula is C11H16N2O2. The first-order valence-corrected chi connectivity index (χ1v) is 4.71. The number of nitrogens with two attached hydrogens (primary N) is 1. The van der Waals surface area contributed by atoms with E-state index < -0.39 is 5.91 Å². The van der Waals surface area contributed by atoms with Crippen LogP contribution in [0.25, 0.3) is 0 Å². The lowest BCUT2D eigenvalue weighted by Gasteiger charge is -2.19. The minimum atomic E-state index is -0.542. The molecule has 0 bridgehead atoms. The molecule has 1 aromatic rings. The van der Waals surface area contributed by atoms with E-state index in [9.17, 15) is 4.79 Å². The Balaban J connectivity index is 3.30. The van der Waals surface area contributed by atoms with Crippen LogP contribution in [0.1, 0.15) is 36.8 Å². The molecule has 0 saturated heterocycles. The number of ether oxygens (including phenoxy) is 1. The molecule has 82 valence electrons. The van der Waals surface area contributed by atoms with Gasteiger partial charge in [-0.25, -0.2) is 4.98 Å². The second kappa shape index (κ2) is 3.88. The van der Waals surface area contributed by atoms with Gasteiger partial charge in [-0.2, -0.15) is 0 Å². The topological polar surface area (TPSA) is 65.2 Å². The highest BCUT2D eigenvalue weighted by Crippen LogP contribution is 2.25. The van der Waals surface area contributed by atoms with Gasteiger partial charge in [-0.3, -0.25) is 4.79 Å². The zero-order chi connectivity index (χ0) is 11.6. The first-order chi connectivity index (χ1) is 6.84. The van der Waals surface area contributed by atoms with Crippen molar-refractivity contribution in [3.63, 3.8) is 0 Å². The van der Waals surface area contributed by atoms with Crippen LogP contribution in [0.2, 0.25) is 0 Å². The fraction of sp³-hybridized carbons (Fsp3) is 0.455. The summed E-state index contributed by atoms with van der Waals surface area (Å²) in [5, 5.41) is 0. The van der Waals surface area contributed by atoms with Gasteiger partial charge in [0, 0.05) is 6.07 Å². The molecule has 0 aliphatic heterocycles. The van der Waals surface area contributed by atoms with E-state index in [1.54, 1.807) is 6.07 Å². The third-order valence-corrected chi connectivity index (χ3v) is 2.13. The van der Waals surface area contributed by atoms with E-state index in [0.29, 0.717) is 5.88 Å². The van der Waals surface area contributed by atoms with Gasteiger partial charge >= 0.3 is 0 Å². The molecule has 0 unspecified atom stereocenters. The molecule has 0 spiro atoms. The van der Waals surface area contributed by atoms with Crippen LogP contribution in [0.3, 0.4) is 0 Å². The molecule has 0 saturated carbocycles. The number of hydrogen-bond donors (Lipinski definition) is 1. The number of rotatable bonds is 2. The molecule has 15 heavy (non-hydrogen) atoms. The number of carbonyl (C=O) groups is 1. The van der Waals surface area contributed by atoms with E-state index in [-0.39, 0.29) is 11.1 Å². The Morgan fingerprint density at radius 2 is 2.00 bits per heavy atom. The van der Waals surface area contributed by atoms with Crippen molar-refractivity contribution in [2.45, 2.75) is 26.2 Å². The highest BCUT2D eigenvalue weighted by molar-refractivity contribution is 5.91. The number of primary amides is 1. The molecule has 1 aromatic heterocycles. The van der Waals surface area contributed by atoms with E-state index in [2.05, 4.69) is 4.98 Å². The molecule has 0 radical (unpaired) electrons. The fourth-order valence-electron chi connectivity index (χ4n) is 1.17. The quantitative estimate of drug-likeness (QED) is 0.800. The van der Waals surface area contributed by atoms with Crippen LogP contribution in [0.15, 0.2) is 12.1 Å². The summed E-state index contributed by atoms with van der Waals surface area (Å²) in [6, 6.07) is 3.51.